The SMILES string of the molecule is CCCCNCC(O)COc1ccccc1/C=C/c1nnc(C)s1. The molecule has 1 heterocycles. The van der Waals surface area contributed by atoms with Crippen LogP contribution in [0.25, 0.3) is 12.2 Å². The first-order chi connectivity index (χ1) is 11.7. The van der Waals surface area contributed by atoms with Crippen molar-refractivity contribution in [1.82, 2.24) is 15.5 Å². The molecule has 0 spiro atoms. The molecule has 1 unspecified atom stereocenters. The highest BCUT2D eigenvalue weighted by molar-refractivity contribution is 7.12. The number of hydrogen-bond acceptors (Lipinski definition) is 6. The molecule has 2 aromatic rings. The third kappa shape index (κ3) is 6.39. The monoisotopic (exact) mass is 347 g/mol. The molecule has 5 nitrogen and oxygen atoms in total. The van der Waals surface area contributed by atoms with Crippen molar-refractivity contribution in [3.63, 3.8) is 0 Å². The van der Waals surface area contributed by atoms with Crippen LogP contribution in [0.3, 0.4) is 0 Å². The molecular formula is C18H25N3O2S. The van der Waals surface area contributed by atoms with E-state index in [1.54, 1.807) is 11.3 Å². The molecule has 0 amide bonds. The van der Waals surface area contributed by atoms with Gasteiger partial charge in [0.2, 0.25) is 0 Å². The van der Waals surface area contributed by atoms with E-state index in [-0.39, 0.29) is 6.61 Å². The topological polar surface area (TPSA) is 67.3 Å². The first-order valence-electron chi connectivity index (χ1n) is 8.28. The van der Waals surface area contributed by atoms with Crippen molar-refractivity contribution in [1.29, 1.82) is 0 Å². The third-order valence-corrected chi connectivity index (χ3v) is 4.19. The van der Waals surface area contributed by atoms with Crippen LogP contribution in [0, 0.1) is 6.92 Å². The normalized spacial score (nSPS) is 12.6. The van der Waals surface area contributed by atoms with Gasteiger partial charge in [0.05, 0.1) is 0 Å². The van der Waals surface area contributed by atoms with Crippen LogP contribution < -0.4 is 10.1 Å². The van der Waals surface area contributed by atoms with E-state index in [1.165, 1.54) is 0 Å². The number of aryl methyl sites for hydroxylation is 1. The van der Waals surface area contributed by atoms with Crippen LogP contribution in [0.2, 0.25) is 0 Å². The average molecular weight is 347 g/mol. The molecule has 2 rings (SSSR count). The van der Waals surface area contributed by atoms with Crippen LogP contribution >= 0.6 is 11.3 Å². The van der Waals surface area contributed by atoms with E-state index in [2.05, 4.69) is 22.4 Å². The number of benzene rings is 1. The fourth-order valence-corrected chi connectivity index (χ4v) is 2.71. The van der Waals surface area contributed by atoms with E-state index in [1.807, 2.05) is 43.3 Å². The summed E-state index contributed by atoms with van der Waals surface area (Å²) in [5, 5.41) is 23.1. The number of aliphatic hydroxyl groups excluding tert-OH is 1. The van der Waals surface area contributed by atoms with Gasteiger partial charge in [-0.05, 0) is 38.1 Å². The molecule has 0 aliphatic carbocycles. The first-order valence-corrected chi connectivity index (χ1v) is 9.09. The minimum atomic E-state index is -0.523. The lowest BCUT2D eigenvalue weighted by molar-refractivity contribution is 0.106. The van der Waals surface area contributed by atoms with Gasteiger partial charge in [-0.3, -0.25) is 0 Å². The second-order valence-electron chi connectivity index (χ2n) is 5.55. The second kappa shape index (κ2) is 10.2. The summed E-state index contributed by atoms with van der Waals surface area (Å²) in [6.07, 6.45) is 5.63. The van der Waals surface area contributed by atoms with Crippen LogP contribution in [-0.4, -0.2) is 41.1 Å². The summed E-state index contributed by atoms with van der Waals surface area (Å²) in [4.78, 5) is 0. The number of hydrogen-bond donors (Lipinski definition) is 2. The Kier molecular flexibility index (Phi) is 7.88. The predicted octanol–water partition coefficient (Wildman–Crippen LogP) is 3.15. The molecule has 24 heavy (non-hydrogen) atoms. The quantitative estimate of drug-likeness (QED) is 0.646. The summed E-state index contributed by atoms with van der Waals surface area (Å²) >= 11 is 1.55. The molecular weight excluding hydrogens is 322 g/mol. The fourth-order valence-electron chi connectivity index (χ4n) is 2.11. The summed E-state index contributed by atoms with van der Waals surface area (Å²) in [5.74, 6) is 0.752. The van der Waals surface area contributed by atoms with Gasteiger partial charge in [0.1, 0.15) is 28.5 Å². The van der Waals surface area contributed by atoms with Crippen molar-refractivity contribution in [3.05, 3.63) is 39.8 Å². The highest BCUT2D eigenvalue weighted by Gasteiger charge is 2.07. The second-order valence-corrected chi connectivity index (χ2v) is 6.77. The van der Waals surface area contributed by atoms with Crippen molar-refractivity contribution in [3.8, 4) is 5.75 Å². The van der Waals surface area contributed by atoms with Gasteiger partial charge in [-0.25, -0.2) is 0 Å². The zero-order valence-electron chi connectivity index (χ0n) is 14.2. The lowest BCUT2D eigenvalue weighted by atomic mass is 10.2. The lowest BCUT2D eigenvalue weighted by Gasteiger charge is -2.14. The molecule has 0 aliphatic rings. The Labute approximate surface area is 147 Å². The van der Waals surface area contributed by atoms with E-state index >= 15 is 0 Å². The van der Waals surface area contributed by atoms with Gasteiger partial charge < -0.3 is 15.2 Å². The van der Waals surface area contributed by atoms with Gasteiger partial charge >= 0.3 is 0 Å². The molecule has 1 aromatic carbocycles. The third-order valence-electron chi connectivity index (χ3n) is 3.38. The molecule has 0 fully saturated rings. The fraction of sp³-hybridized carbons (Fsp3) is 0.444. The number of nitrogens with zero attached hydrogens (tertiary/aromatic N) is 2. The van der Waals surface area contributed by atoms with E-state index < -0.39 is 6.10 Å². The van der Waals surface area contributed by atoms with Crippen LogP contribution in [0.1, 0.15) is 35.3 Å². The zero-order chi connectivity index (χ0) is 17.2. The Morgan fingerprint density at radius 3 is 2.88 bits per heavy atom. The van der Waals surface area contributed by atoms with Crippen molar-refractivity contribution in [2.75, 3.05) is 19.7 Å². The van der Waals surface area contributed by atoms with Crippen LogP contribution in [0.15, 0.2) is 24.3 Å². The van der Waals surface area contributed by atoms with Gasteiger partial charge in [-0.1, -0.05) is 42.9 Å². The number of rotatable bonds is 10. The standard InChI is InChI=1S/C18H25N3O2S/c1-3-4-11-19-12-16(22)13-23-17-8-6-5-7-15(17)9-10-18-21-20-14(2)24-18/h5-10,16,19,22H,3-4,11-13H2,1-2H3/b10-9+. The first kappa shape index (κ1) is 18.6. The Morgan fingerprint density at radius 2 is 2.12 bits per heavy atom. The largest absolute Gasteiger partial charge is 0.490 e. The number of unbranched alkanes of at least 4 members (excludes halogenated alkanes) is 1. The molecule has 0 saturated heterocycles. The lowest BCUT2D eigenvalue weighted by Crippen LogP contribution is -2.32. The number of aromatic nitrogens is 2. The maximum Gasteiger partial charge on any atom is 0.140 e. The van der Waals surface area contributed by atoms with E-state index in [0.29, 0.717) is 6.54 Å². The maximum atomic E-state index is 9.99. The number of nitrogens with one attached hydrogen (secondary N) is 1. The predicted molar refractivity (Wildman–Crippen MR) is 99.3 cm³/mol. The van der Waals surface area contributed by atoms with Crippen molar-refractivity contribution >= 4 is 23.5 Å². The Morgan fingerprint density at radius 1 is 1.29 bits per heavy atom. The molecule has 0 bridgehead atoms. The summed E-state index contributed by atoms with van der Waals surface area (Å²) in [5.41, 5.74) is 0.955. The molecule has 0 aliphatic heterocycles. The minimum Gasteiger partial charge on any atom is -0.490 e. The Balaban J connectivity index is 1.88. The number of aliphatic hydroxyl groups is 1. The van der Waals surface area contributed by atoms with Crippen LogP contribution in [-0.2, 0) is 0 Å². The van der Waals surface area contributed by atoms with E-state index in [4.69, 9.17) is 4.74 Å². The molecule has 2 N–H and O–H groups in total. The minimum absolute atomic E-state index is 0.266. The molecule has 130 valence electrons. The summed E-state index contributed by atoms with van der Waals surface area (Å²) in [7, 11) is 0. The van der Waals surface area contributed by atoms with Crippen molar-refractivity contribution in [2.24, 2.45) is 0 Å². The van der Waals surface area contributed by atoms with Gasteiger partial charge in [-0.15, -0.1) is 10.2 Å². The van der Waals surface area contributed by atoms with E-state index in [9.17, 15) is 5.11 Å². The van der Waals surface area contributed by atoms with Gasteiger partial charge in [0, 0.05) is 12.1 Å². The van der Waals surface area contributed by atoms with Crippen LogP contribution in [0.5, 0.6) is 5.75 Å². The van der Waals surface area contributed by atoms with E-state index in [0.717, 1.165) is 40.7 Å². The zero-order valence-corrected chi connectivity index (χ0v) is 15.1. The van der Waals surface area contributed by atoms with Crippen LogP contribution in [0.4, 0.5) is 0 Å². The maximum absolute atomic E-state index is 9.99. The highest BCUT2D eigenvalue weighted by Crippen LogP contribution is 2.21. The smallest absolute Gasteiger partial charge is 0.140 e. The molecule has 1 aromatic heterocycles. The molecule has 1 atom stereocenters. The average Bonchev–Trinajstić information content (AvgIpc) is 3.01. The summed E-state index contributed by atoms with van der Waals surface area (Å²) in [6, 6.07) is 7.77. The Hall–Kier alpha value is -1.76. The highest BCUT2D eigenvalue weighted by atomic mass is 32.1. The summed E-state index contributed by atoms with van der Waals surface area (Å²) < 4.78 is 5.78. The van der Waals surface area contributed by atoms with Crippen molar-refractivity contribution < 1.29 is 9.84 Å². The van der Waals surface area contributed by atoms with Crippen molar-refractivity contribution in [2.45, 2.75) is 32.8 Å². The Bertz CT molecular complexity index is 643. The van der Waals surface area contributed by atoms with Gasteiger partial charge in [0.15, 0.2) is 0 Å². The summed E-state index contributed by atoms with van der Waals surface area (Å²) in [6.45, 7) is 5.81. The number of para-hydroxylation sites is 1. The molecule has 6 heteroatoms. The van der Waals surface area contributed by atoms with Gasteiger partial charge in [0.25, 0.3) is 0 Å². The number of ether oxygens (including phenoxy) is 1. The molecule has 0 saturated carbocycles. The van der Waals surface area contributed by atoms with Gasteiger partial charge in [-0.2, -0.15) is 0 Å². The molecule has 0 radical (unpaired) electrons.